The van der Waals surface area contributed by atoms with Crippen LogP contribution in [-0.2, 0) is 22.8 Å². The van der Waals surface area contributed by atoms with E-state index in [2.05, 4.69) is 9.82 Å². The molecule has 4 N–H and O–H groups in total. The first-order valence-corrected chi connectivity index (χ1v) is 7.45. The number of hydrogen-bond acceptors (Lipinski definition) is 4. The standard InChI is InChI=1S/C12H15N5O2S/c1-17-12(10(7-15-17)11(13)14)16-20(18,19)8-9-5-3-2-4-6-9/h2-7,16H,8H2,1H3,(H3,13,14). The lowest BCUT2D eigenvalue weighted by Crippen LogP contribution is -2.20. The van der Waals surface area contributed by atoms with E-state index in [0.29, 0.717) is 5.56 Å². The summed E-state index contributed by atoms with van der Waals surface area (Å²) >= 11 is 0. The quantitative estimate of drug-likeness (QED) is 0.554. The number of anilines is 1. The van der Waals surface area contributed by atoms with Crippen LogP contribution in [0, 0.1) is 5.41 Å². The number of nitrogens with two attached hydrogens (primary N) is 1. The fourth-order valence-electron chi connectivity index (χ4n) is 1.73. The molecule has 7 nitrogen and oxygen atoms in total. The number of aryl methyl sites for hydroxylation is 1. The van der Waals surface area contributed by atoms with Gasteiger partial charge in [-0.2, -0.15) is 5.10 Å². The van der Waals surface area contributed by atoms with Crippen molar-refractivity contribution < 1.29 is 8.42 Å². The number of hydrogen-bond donors (Lipinski definition) is 3. The molecule has 0 fully saturated rings. The molecule has 0 aliphatic heterocycles. The van der Waals surface area contributed by atoms with Crippen molar-refractivity contribution in [1.29, 1.82) is 5.41 Å². The average Bonchev–Trinajstić information content (AvgIpc) is 2.71. The Kier molecular flexibility index (Phi) is 3.75. The molecule has 20 heavy (non-hydrogen) atoms. The van der Waals surface area contributed by atoms with Crippen molar-refractivity contribution in [2.75, 3.05) is 4.72 Å². The molecule has 0 amide bonds. The van der Waals surface area contributed by atoms with Gasteiger partial charge in [0, 0.05) is 7.05 Å². The topological polar surface area (TPSA) is 114 Å². The van der Waals surface area contributed by atoms with Gasteiger partial charge in [-0.1, -0.05) is 30.3 Å². The minimum absolute atomic E-state index is 0.156. The van der Waals surface area contributed by atoms with Gasteiger partial charge in [0.05, 0.1) is 17.5 Å². The fraction of sp³-hybridized carbons (Fsp3) is 0.167. The van der Waals surface area contributed by atoms with Crippen molar-refractivity contribution in [2.45, 2.75) is 5.75 Å². The number of amidine groups is 1. The monoisotopic (exact) mass is 293 g/mol. The van der Waals surface area contributed by atoms with Crippen LogP contribution in [0.2, 0.25) is 0 Å². The van der Waals surface area contributed by atoms with Crippen LogP contribution in [0.15, 0.2) is 36.5 Å². The van der Waals surface area contributed by atoms with Crippen LogP contribution in [0.4, 0.5) is 5.82 Å². The largest absolute Gasteiger partial charge is 0.384 e. The molecule has 1 aromatic heterocycles. The van der Waals surface area contributed by atoms with E-state index < -0.39 is 10.0 Å². The number of nitrogens with zero attached hydrogens (tertiary/aromatic N) is 2. The van der Waals surface area contributed by atoms with Crippen molar-refractivity contribution in [3.05, 3.63) is 47.7 Å². The first-order valence-electron chi connectivity index (χ1n) is 5.80. The molecule has 0 unspecified atom stereocenters. The molecule has 0 aliphatic rings. The molecule has 0 aliphatic carbocycles. The first kappa shape index (κ1) is 14.1. The van der Waals surface area contributed by atoms with E-state index in [0.717, 1.165) is 0 Å². The molecule has 2 rings (SSSR count). The number of aromatic nitrogens is 2. The van der Waals surface area contributed by atoms with Gasteiger partial charge < -0.3 is 5.73 Å². The smallest absolute Gasteiger partial charge is 0.238 e. The maximum Gasteiger partial charge on any atom is 0.238 e. The minimum Gasteiger partial charge on any atom is -0.384 e. The van der Waals surface area contributed by atoms with E-state index in [9.17, 15) is 8.42 Å². The summed E-state index contributed by atoms with van der Waals surface area (Å²) in [5.74, 6) is -0.208. The normalized spacial score (nSPS) is 11.2. The summed E-state index contributed by atoms with van der Waals surface area (Å²) in [4.78, 5) is 0. The van der Waals surface area contributed by atoms with Gasteiger partial charge in [-0.25, -0.2) is 8.42 Å². The summed E-state index contributed by atoms with van der Waals surface area (Å²) < 4.78 is 28.0. The van der Waals surface area contributed by atoms with Crippen LogP contribution in [-0.4, -0.2) is 24.0 Å². The molecular formula is C12H15N5O2S. The van der Waals surface area contributed by atoms with E-state index in [4.69, 9.17) is 11.1 Å². The number of benzene rings is 1. The molecule has 1 heterocycles. The Morgan fingerprint density at radius 3 is 2.65 bits per heavy atom. The van der Waals surface area contributed by atoms with E-state index in [1.54, 1.807) is 31.3 Å². The Morgan fingerprint density at radius 1 is 1.40 bits per heavy atom. The number of nitrogen functional groups attached to an aromatic ring is 1. The zero-order valence-electron chi connectivity index (χ0n) is 10.9. The van der Waals surface area contributed by atoms with Crippen LogP contribution < -0.4 is 10.5 Å². The van der Waals surface area contributed by atoms with Crippen LogP contribution in [0.5, 0.6) is 0 Å². The van der Waals surface area contributed by atoms with Gasteiger partial charge >= 0.3 is 0 Å². The maximum atomic E-state index is 12.1. The van der Waals surface area contributed by atoms with Gasteiger partial charge in [0.25, 0.3) is 0 Å². The molecule has 0 saturated heterocycles. The van der Waals surface area contributed by atoms with Crippen molar-refractivity contribution in [1.82, 2.24) is 9.78 Å². The molecule has 8 heteroatoms. The second-order valence-electron chi connectivity index (χ2n) is 4.29. The lowest BCUT2D eigenvalue weighted by molar-refractivity contribution is 0.599. The molecule has 0 atom stereocenters. The van der Waals surface area contributed by atoms with Crippen molar-refractivity contribution in [3.8, 4) is 0 Å². The Bertz CT molecular complexity index is 722. The highest BCUT2D eigenvalue weighted by Gasteiger charge is 2.18. The van der Waals surface area contributed by atoms with E-state index >= 15 is 0 Å². The van der Waals surface area contributed by atoms with E-state index in [1.165, 1.54) is 10.9 Å². The zero-order valence-corrected chi connectivity index (χ0v) is 11.7. The second-order valence-corrected chi connectivity index (χ2v) is 6.01. The van der Waals surface area contributed by atoms with Gasteiger partial charge in [0.1, 0.15) is 11.7 Å². The van der Waals surface area contributed by atoms with Crippen LogP contribution in [0.25, 0.3) is 0 Å². The highest BCUT2D eigenvalue weighted by Crippen LogP contribution is 2.16. The molecule has 1 aromatic carbocycles. The van der Waals surface area contributed by atoms with Crippen LogP contribution >= 0.6 is 0 Å². The van der Waals surface area contributed by atoms with Gasteiger partial charge in [-0.05, 0) is 5.56 Å². The van der Waals surface area contributed by atoms with Crippen LogP contribution in [0.1, 0.15) is 11.1 Å². The van der Waals surface area contributed by atoms with Gasteiger partial charge in [0.15, 0.2) is 0 Å². The second kappa shape index (κ2) is 5.33. The molecular weight excluding hydrogens is 278 g/mol. The Morgan fingerprint density at radius 2 is 2.05 bits per heavy atom. The lowest BCUT2D eigenvalue weighted by Gasteiger charge is -2.10. The predicted octanol–water partition coefficient (Wildman–Crippen LogP) is 0.646. The minimum atomic E-state index is -3.60. The molecule has 0 bridgehead atoms. The zero-order chi connectivity index (χ0) is 14.8. The van der Waals surface area contributed by atoms with E-state index in [1.807, 2.05) is 6.07 Å². The summed E-state index contributed by atoms with van der Waals surface area (Å²) in [7, 11) is -2.02. The summed E-state index contributed by atoms with van der Waals surface area (Å²) in [6.07, 6.45) is 1.35. The number of nitrogens with one attached hydrogen (secondary N) is 2. The summed E-state index contributed by atoms with van der Waals surface area (Å²) in [5.41, 5.74) is 6.32. The molecule has 0 radical (unpaired) electrons. The molecule has 106 valence electrons. The Balaban J connectivity index is 2.25. The summed E-state index contributed by atoms with van der Waals surface area (Å²) in [6, 6.07) is 8.83. The van der Waals surface area contributed by atoms with Gasteiger partial charge in [0.2, 0.25) is 10.0 Å². The first-order chi connectivity index (χ1) is 9.39. The maximum absolute atomic E-state index is 12.1. The fourth-order valence-corrected chi connectivity index (χ4v) is 2.97. The highest BCUT2D eigenvalue weighted by atomic mass is 32.2. The third-order valence-corrected chi connectivity index (χ3v) is 3.90. The predicted molar refractivity (Wildman–Crippen MR) is 76.9 cm³/mol. The van der Waals surface area contributed by atoms with Crippen LogP contribution in [0.3, 0.4) is 0 Å². The average molecular weight is 293 g/mol. The summed E-state index contributed by atoms with van der Waals surface area (Å²) in [6.45, 7) is 0. The molecule has 2 aromatic rings. The summed E-state index contributed by atoms with van der Waals surface area (Å²) in [5, 5.41) is 11.3. The lowest BCUT2D eigenvalue weighted by atomic mass is 10.2. The van der Waals surface area contributed by atoms with Gasteiger partial charge in [-0.3, -0.25) is 14.8 Å². The Labute approximate surface area is 117 Å². The van der Waals surface area contributed by atoms with Crippen molar-refractivity contribution in [3.63, 3.8) is 0 Å². The van der Waals surface area contributed by atoms with E-state index in [-0.39, 0.29) is 23.0 Å². The third-order valence-electron chi connectivity index (χ3n) is 2.68. The molecule has 0 saturated carbocycles. The number of sulfonamides is 1. The van der Waals surface area contributed by atoms with Gasteiger partial charge in [-0.15, -0.1) is 0 Å². The third kappa shape index (κ3) is 3.15. The SMILES string of the molecule is Cn1ncc(C(=N)N)c1NS(=O)(=O)Cc1ccccc1. The number of rotatable bonds is 5. The molecule has 0 spiro atoms. The van der Waals surface area contributed by atoms with Crippen molar-refractivity contribution in [2.24, 2.45) is 12.8 Å². The Hall–Kier alpha value is -2.35. The van der Waals surface area contributed by atoms with Crippen molar-refractivity contribution >= 4 is 21.7 Å². The highest BCUT2D eigenvalue weighted by molar-refractivity contribution is 7.91.